The van der Waals surface area contributed by atoms with Crippen molar-refractivity contribution in [2.75, 3.05) is 36.4 Å². The number of fused-ring (bicyclic) bond motifs is 1. The highest BCUT2D eigenvalue weighted by Gasteiger charge is 2.26. The second-order valence-corrected chi connectivity index (χ2v) is 9.07. The Labute approximate surface area is 197 Å². The molecule has 0 radical (unpaired) electrons. The standard InChI is InChI=1S/C24H29N7O3/c1-15-19-14-26-24(27-20-8-7-18(13-25-20)29-9-11-30(34)12-10-29)28-22(19)31(17-5-3-4-6-17)23(33)21(15)16(2)32/h7-8,13-14,17,34H,3-6,9-12H2,1-2H3,(H,25,26,27,28). The molecule has 0 amide bonds. The van der Waals surface area contributed by atoms with E-state index in [2.05, 4.69) is 20.2 Å². The number of piperazine rings is 1. The Morgan fingerprint density at radius 1 is 1.09 bits per heavy atom. The second kappa shape index (κ2) is 9.11. The van der Waals surface area contributed by atoms with Gasteiger partial charge in [0.05, 0.1) is 17.4 Å². The lowest BCUT2D eigenvalue weighted by Crippen LogP contribution is -2.44. The molecule has 0 aromatic carbocycles. The van der Waals surface area contributed by atoms with E-state index in [-0.39, 0.29) is 22.9 Å². The van der Waals surface area contributed by atoms with Crippen molar-refractivity contribution in [3.8, 4) is 0 Å². The van der Waals surface area contributed by atoms with Crippen LogP contribution < -0.4 is 15.8 Å². The molecule has 1 aliphatic carbocycles. The van der Waals surface area contributed by atoms with Gasteiger partial charge < -0.3 is 15.4 Å². The van der Waals surface area contributed by atoms with Gasteiger partial charge in [0.15, 0.2) is 5.78 Å². The monoisotopic (exact) mass is 463 g/mol. The first-order valence-corrected chi connectivity index (χ1v) is 11.8. The van der Waals surface area contributed by atoms with E-state index in [4.69, 9.17) is 4.98 Å². The number of pyridine rings is 2. The SMILES string of the molecule is CC(=O)c1c(C)c2cnc(Nc3ccc(N4CCN(O)CC4)cn3)nc2n(C2CCCC2)c1=O. The average Bonchev–Trinajstić information content (AvgIpc) is 3.34. The van der Waals surface area contributed by atoms with Crippen LogP contribution >= 0.6 is 0 Å². The van der Waals surface area contributed by atoms with Crippen LogP contribution in [0, 0.1) is 6.92 Å². The van der Waals surface area contributed by atoms with Crippen molar-refractivity contribution >= 4 is 34.3 Å². The molecule has 10 heteroatoms. The first-order chi connectivity index (χ1) is 16.4. The van der Waals surface area contributed by atoms with Gasteiger partial charge in [-0.05, 0) is 44.4 Å². The summed E-state index contributed by atoms with van der Waals surface area (Å²) >= 11 is 0. The number of nitrogens with zero attached hydrogens (tertiary/aromatic N) is 6. The number of hydrogen-bond donors (Lipinski definition) is 2. The van der Waals surface area contributed by atoms with Crippen molar-refractivity contribution in [1.82, 2.24) is 24.6 Å². The van der Waals surface area contributed by atoms with Crippen molar-refractivity contribution in [3.05, 3.63) is 46.0 Å². The zero-order valence-corrected chi connectivity index (χ0v) is 19.5. The third-order valence-corrected chi connectivity index (χ3v) is 6.86. The molecular weight excluding hydrogens is 434 g/mol. The first-order valence-electron chi connectivity index (χ1n) is 11.8. The largest absolute Gasteiger partial charge is 0.368 e. The van der Waals surface area contributed by atoms with E-state index in [1.165, 1.54) is 12.0 Å². The first kappa shape index (κ1) is 22.4. The van der Waals surface area contributed by atoms with Gasteiger partial charge in [-0.25, -0.2) is 9.97 Å². The van der Waals surface area contributed by atoms with E-state index in [1.54, 1.807) is 23.9 Å². The van der Waals surface area contributed by atoms with E-state index < -0.39 is 0 Å². The molecule has 34 heavy (non-hydrogen) atoms. The van der Waals surface area contributed by atoms with Crippen molar-refractivity contribution < 1.29 is 10.0 Å². The van der Waals surface area contributed by atoms with Crippen LogP contribution in [0.25, 0.3) is 11.0 Å². The fourth-order valence-electron chi connectivity index (χ4n) is 5.02. The van der Waals surface area contributed by atoms with Crippen LogP contribution in [0.3, 0.4) is 0 Å². The summed E-state index contributed by atoms with van der Waals surface area (Å²) in [4.78, 5) is 41.4. The van der Waals surface area contributed by atoms with Gasteiger partial charge >= 0.3 is 0 Å². The second-order valence-electron chi connectivity index (χ2n) is 9.07. The maximum atomic E-state index is 13.3. The van der Waals surface area contributed by atoms with Crippen LogP contribution in [-0.2, 0) is 0 Å². The predicted molar refractivity (Wildman–Crippen MR) is 129 cm³/mol. The van der Waals surface area contributed by atoms with Crippen molar-refractivity contribution in [3.63, 3.8) is 0 Å². The number of carbonyl (C=O) groups is 1. The molecule has 0 atom stereocenters. The quantitative estimate of drug-likeness (QED) is 0.551. The zero-order chi connectivity index (χ0) is 23.8. The summed E-state index contributed by atoms with van der Waals surface area (Å²) in [6.45, 7) is 5.88. The third-order valence-electron chi connectivity index (χ3n) is 6.86. The van der Waals surface area contributed by atoms with Gasteiger partial charge in [-0.1, -0.05) is 12.8 Å². The minimum atomic E-state index is -0.264. The van der Waals surface area contributed by atoms with Gasteiger partial charge in [-0.2, -0.15) is 10.0 Å². The Hall–Kier alpha value is -3.37. The number of aryl methyl sites for hydroxylation is 1. The molecule has 5 rings (SSSR count). The zero-order valence-electron chi connectivity index (χ0n) is 19.5. The Morgan fingerprint density at radius 3 is 2.47 bits per heavy atom. The highest BCUT2D eigenvalue weighted by molar-refractivity contribution is 5.99. The lowest BCUT2D eigenvalue weighted by Gasteiger charge is -2.32. The molecule has 0 unspecified atom stereocenters. The number of hydroxylamine groups is 2. The molecular formula is C24H29N7O3. The Morgan fingerprint density at radius 2 is 1.82 bits per heavy atom. The maximum absolute atomic E-state index is 13.3. The van der Waals surface area contributed by atoms with Gasteiger partial charge in [0, 0.05) is 43.8 Å². The van der Waals surface area contributed by atoms with Gasteiger partial charge in [0.2, 0.25) is 5.95 Å². The fourth-order valence-corrected chi connectivity index (χ4v) is 5.02. The van der Waals surface area contributed by atoms with Gasteiger partial charge in [0.1, 0.15) is 11.5 Å². The third kappa shape index (κ3) is 4.14. The normalized spacial score (nSPS) is 17.4. The Kier molecular flexibility index (Phi) is 6.01. The molecule has 3 aromatic heterocycles. The highest BCUT2D eigenvalue weighted by Crippen LogP contribution is 2.32. The molecule has 2 fully saturated rings. The molecule has 178 valence electrons. The van der Waals surface area contributed by atoms with E-state index in [1.807, 2.05) is 12.1 Å². The molecule has 4 heterocycles. The van der Waals surface area contributed by atoms with Gasteiger partial charge in [0.25, 0.3) is 5.56 Å². The molecule has 0 spiro atoms. The fraction of sp³-hybridized carbons (Fsp3) is 0.458. The molecule has 1 saturated heterocycles. The molecule has 0 bridgehead atoms. The number of aromatic nitrogens is 4. The van der Waals surface area contributed by atoms with Crippen molar-refractivity contribution in [1.29, 1.82) is 0 Å². The van der Waals surface area contributed by atoms with Crippen LogP contribution in [0.1, 0.15) is 54.6 Å². The summed E-state index contributed by atoms with van der Waals surface area (Å²) in [5.74, 6) is 0.710. The molecule has 2 N–H and O–H groups in total. The minimum absolute atomic E-state index is 0.0354. The number of Topliss-reactive ketones (excluding diaryl/α,β-unsaturated/α-hetero) is 1. The van der Waals surface area contributed by atoms with E-state index in [0.717, 1.165) is 44.5 Å². The topological polar surface area (TPSA) is 116 Å². The van der Waals surface area contributed by atoms with Crippen LogP contribution in [-0.4, -0.2) is 61.8 Å². The summed E-state index contributed by atoms with van der Waals surface area (Å²) in [6.07, 6.45) is 7.38. The lowest BCUT2D eigenvalue weighted by molar-refractivity contribution is -0.0935. The number of nitrogens with one attached hydrogen (secondary N) is 1. The van der Waals surface area contributed by atoms with Crippen LogP contribution in [0.2, 0.25) is 0 Å². The van der Waals surface area contributed by atoms with Crippen LogP contribution in [0.5, 0.6) is 0 Å². The predicted octanol–water partition coefficient (Wildman–Crippen LogP) is 3.07. The highest BCUT2D eigenvalue weighted by atomic mass is 16.5. The molecule has 10 nitrogen and oxygen atoms in total. The number of ketones is 1. The van der Waals surface area contributed by atoms with E-state index in [9.17, 15) is 14.8 Å². The van der Waals surface area contributed by atoms with Gasteiger partial charge in [-0.3, -0.25) is 14.2 Å². The Balaban J connectivity index is 1.48. The number of anilines is 3. The molecule has 3 aromatic rings. The maximum Gasteiger partial charge on any atom is 0.263 e. The van der Waals surface area contributed by atoms with Crippen molar-refractivity contribution in [2.24, 2.45) is 0 Å². The number of hydrogen-bond acceptors (Lipinski definition) is 9. The summed E-state index contributed by atoms with van der Waals surface area (Å²) in [5, 5.41) is 14.7. The van der Waals surface area contributed by atoms with Crippen molar-refractivity contribution in [2.45, 2.75) is 45.6 Å². The lowest BCUT2D eigenvalue weighted by atomic mass is 10.0. The number of rotatable bonds is 5. The summed E-state index contributed by atoms with van der Waals surface area (Å²) in [7, 11) is 0. The van der Waals surface area contributed by atoms with E-state index >= 15 is 0 Å². The summed E-state index contributed by atoms with van der Waals surface area (Å²) < 4.78 is 1.70. The number of carbonyl (C=O) groups excluding carboxylic acids is 1. The van der Waals surface area contributed by atoms with Gasteiger partial charge in [-0.15, -0.1) is 0 Å². The van der Waals surface area contributed by atoms with Crippen LogP contribution in [0.15, 0.2) is 29.3 Å². The average molecular weight is 464 g/mol. The summed E-state index contributed by atoms with van der Waals surface area (Å²) in [5.41, 5.74) is 2.12. The smallest absolute Gasteiger partial charge is 0.263 e. The van der Waals surface area contributed by atoms with E-state index in [0.29, 0.717) is 41.5 Å². The Bertz CT molecular complexity index is 1270. The molecule has 1 aliphatic heterocycles. The summed E-state index contributed by atoms with van der Waals surface area (Å²) in [6, 6.07) is 3.87. The van der Waals surface area contributed by atoms with Crippen LogP contribution in [0.4, 0.5) is 17.5 Å². The minimum Gasteiger partial charge on any atom is -0.368 e. The molecule has 1 saturated carbocycles. The molecule has 2 aliphatic rings.